The maximum absolute atomic E-state index is 6.11. The lowest BCUT2D eigenvalue weighted by molar-refractivity contribution is -0.0242. The van der Waals surface area contributed by atoms with Crippen LogP contribution in [0.5, 0.6) is 5.75 Å². The van der Waals surface area contributed by atoms with Crippen LogP contribution in [0.4, 0.5) is 0 Å². The quantitative estimate of drug-likeness (QED) is 0.678. The molecular weight excluding hydrogens is 323 g/mol. The van der Waals surface area contributed by atoms with Gasteiger partial charge in [0.25, 0.3) is 0 Å². The minimum Gasteiger partial charge on any atom is -0.488 e. The summed E-state index contributed by atoms with van der Waals surface area (Å²) in [7, 11) is 0. The number of halogens is 3. The molecule has 0 spiro atoms. The van der Waals surface area contributed by atoms with Crippen molar-refractivity contribution in [2.24, 2.45) is 5.41 Å². The van der Waals surface area contributed by atoms with Crippen LogP contribution in [0.3, 0.4) is 0 Å². The van der Waals surface area contributed by atoms with Crippen LogP contribution >= 0.6 is 39.1 Å². The van der Waals surface area contributed by atoms with Crippen molar-refractivity contribution in [3.05, 3.63) is 28.2 Å². The van der Waals surface area contributed by atoms with Gasteiger partial charge in [0.1, 0.15) is 11.9 Å². The molecule has 3 unspecified atom stereocenters. The minimum absolute atomic E-state index is 0.183. The van der Waals surface area contributed by atoms with Gasteiger partial charge in [-0.25, -0.2) is 0 Å². The third kappa shape index (κ3) is 2.45. The van der Waals surface area contributed by atoms with Crippen molar-refractivity contribution in [3.8, 4) is 5.75 Å². The monoisotopic (exact) mass is 336 g/mol. The van der Waals surface area contributed by atoms with Crippen LogP contribution in [0.25, 0.3) is 0 Å². The molecule has 1 aliphatic rings. The van der Waals surface area contributed by atoms with Gasteiger partial charge in [-0.2, -0.15) is 0 Å². The topological polar surface area (TPSA) is 9.23 Å². The molecule has 0 N–H and O–H groups in total. The zero-order chi connectivity index (χ0) is 12.6. The van der Waals surface area contributed by atoms with E-state index < -0.39 is 0 Å². The lowest BCUT2D eigenvalue weighted by atomic mass is 9.65. The smallest absolute Gasteiger partial charge is 0.138 e. The molecule has 0 amide bonds. The molecule has 0 saturated heterocycles. The van der Waals surface area contributed by atoms with Crippen molar-refractivity contribution >= 4 is 39.1 Å². The molecule has 3 atom stereocenters. The summed E-state index contributed by atoms with van der Waals surface area (Å²) in [5.74, 6) is 0.722. The van der Waals surface area contributed by atoms with Gasteiger partial charge < -0.3 is 4.74 Å². The molecule has 0 aromatic heterocycles. The number of hydrogen-bond acceptors (Lipinski definition) is 1. The molecule has 1 aliphatic carbocycles. The fourth-order valence-electron chi connectivity index (χ4n) is 2.12. The van der Waals surface area contributed by atoms with Crippen LogP contribution in [-0.2, 0) is 0 Å². The normalized spacial score (nSPS) is 32.1. The fourth-order valence-corrected chi connectivity index (χ4v) is 3.53. The summed E-state index contributed by atoms with van der Waals surface area (Å²) < 4.78 is 5.99. The van der Waals surface area contributed by atoms with Gasteiger partial charge in [-0.3, -0.25) is 0 Å². The Morgan fingerprint density at radius 1 is 1.47 bits per heavy atom. The van der Waals surface area contributed by atoms with E-state index in [4.69, 9.17) is 27.9 Å². The number of ether oxygens (including phenoxy) is 1. The van der Waals surface area contributed by atoms with Crippen LogP contribution in [0, 0.1) is 5.41 Å². The Labute approximate surface area is 121 Å². The third-order valence-electron chi connectivity index (χ3n) is 3.80. The molecule has 94 valence electrons. The highest BCUT2D eigenvalue weighted by Crippen LogP contribution is 2.50. The van der Waals surface area contributed by atoms with E-state index in [0.29, 0.717) is 14.9 Å². The van der Waals surface area contributed by atoms with E-state index in [1.54, 1.807) is 12.1 Å². The van der Waals surface area contributed by atoms with Crippen molar-refractivity contribution in [2.45, 2.75) is 37.6 Å². The van der Waals surface area contributed by atoms with E-state index in [-0.39, 0.29) is 11.5 Å². The van der Waals surface area contributed by atoms with Gasteiger partial charge in [0.05, 0.1) is 5.02 Å². The lowest BCUT2D eigenvalue weighted by Crippen LogP contribution is -2.54. The van der Waals surface area contributed by atoms with Crippen molar-refractivity contribution in [1.82, 2.24) is 0 Å². The second kappa shape index (κ2) is 4.99. The molecule has 0 aliphatic heterocycles. The average molecular weight is 338 g/mol. The Kier molecular flexibility index (Phi) is 3.96. The molecular formula is C13H15BrCl2O. The van der Waals surface area contributed by atoms with Gasteiger partial charge in [-0.15, -0.1) is 0 Å². The highest BCUT2D eigenvalue weighted by molar-refractivity contribution is 9.09. The Morgan fingerprint density at radius 3 is 2.71 bits per heavy atom. The van der Waals surface area contributed by atoms with Gasteiger partial charge >= 0.3 is 0 Å². The maximum atomic E-state index is 6.11. The average Bonchev–Trinajstić information content (AvgIpc) is 2.30. The van der Waals surface area contributed by atoms with Crippen molar-refractivity contribution in [2.75, 3.05) is 0 Å². The molecule has 0 bridgehead atoms. The number of hydrogen-bond donors (Lipinski definition) is 0. The van der Waals surface area contributed by atoms with Crippen LogP contribution in [0.2, 0.25) is 10.0 Å². The van der Waals surface area contributed by atoms with E-state index >= 15 is 0 Å². The van der Waals surface area contributed by atoms with Gasteiger partial charge in [0, 0.05) is 15.3 Å². The Bertz CT molecular complexity index is 424. The highest BCUT2D eigenvalue weighted by atomic mass is 79.9. The van der Waals surface area contributed by atoms with Crippen LogP contribution < -0.4 is 4.74 Å². The first-order chi connectivity index (χ1) is 7.97. The molecule has 1 fully saturated rings. The summed E-state index contributed by atoms with van der Waals surface area (Å²) in [6, 6.07) is 5.35. The predicted molar refractivity (Wildman–Crippen MR) is 76.6 cm³/mol. The van der Waals surface area contributed by atoms with E-state index in [9.17, 15) is 0 Å². The summed E-state index contributed by atoms with van der Waals surface area (Å²) in [5, 5.41) is 1.21. The maximum Gasteiger partial charge on any atom is 0.138 e. The summed E-state index contributed by atoms with van der Waals surface area (Å²) in [5.41, 5.74) is 0.183. The Balaban J connectivity index is 2.12. The molecule has 1 nitrogen and oxygen atoms in total. The number of rotatable bonds is 3. The summed E-state index contributed by atoms with van der Waals surface area (Å²) in [6.45, 7) is 4.43. The van der Waals surface area contributed by atoms with Crippen LogP contribution in [0.1, 0.15) is 26.7 Å². The first kappa shape index (κ1) is 13.5. The zero-order valence-electron chi connectivity index (χ0n) is 9.84. The molecule has 0 heterocycles. The molecule has 4 heteroatoms. The third-order valence-corrected chi connectivity index (χ3v) is 5.75. The number of benzene rings is 1. The molecule has 17 heavy (non-hydrogen) atoms. The fraction of sp³-hybridized carbons (Fsp3) is 0.538. The van der Waals surface area contributed by atoms with E-state index in [1.165, 1.54) is 0 Å². The number of alkyl halides is 1. The predicted octanol–water partition coefficient (Wildman–Crippen LogP) is 5.32. The summed E-state index contributed by atoms with van der Waals surface area (Å²) >= 11 is 15.7. The summed E-state index contributed by atoms with van der Waals surface area (Å²) in [4.78, 5) is 0.524. The Morgan fingerprint density at radius 2 is 2.18 bits per heavy atom. The van der Waals surface area contributed by atoms with Crippen LogP contribution in [0.15, 0.2) is 18.2 Å². The second-order valence-corrected chi connectivity index (χ2v) is 6.69. The lowest BCUT2D eigenvalue weighted by Gasteiger charge is -2.50. The first-order valence-corrected chi connectivity index (χ1v) is 7.40. The highest BCUT2D eigenvalue weighted by Gasteiger charge is 2.51. The van der Waals surface area contributed by atoms with E-state index in [1.807, 2.05) is 6.07 Å². The standard InChI is InChI=1S/C13H15BrCl2O/c1-3-13(2)11(14)7-12(13)17-10-5-4-8(15)6-9(10)16/h4-6,11-12H,3,7H2,1-2H3. The zero-order valence-corrected chi connectivity index (χ0v) is 12.9. The van der Waals surface area contributed by atoms with Crippen molar-refractivity contribution < 1.29 is 4.74 Å². The van der Waals surface area contributed by atoms with Gasteiger partial charge in [0.2, 0.25) is 0 Å². The van der Waals surface area contributed by atoms with Gasteiger partial charge in [-0.1, -0.05) is 53.0 Å². The molecule has 1 aromatic rings. The summed E-state index contributed by atoms with van der Waals surface area (Å²) in [6.07, 6.45) is 2.32. The molecule has 0 radical (unpaired) electrons. The van der Waals surface area contributed by atoms with Crippen LogP contribution in [-0.4, -0.2) is 10.9 Å². The largest absolute Gasteiger partial charge is 0.488 e. The minimum atomic E-state index is 0.183. The Hall–Kier alpha value is 0.0800. The van der Waals surface area contributed by atoms with E-state index in [2.05, 4.69) is 29.8 Å². The molecule has 1 aromatic carbocycles. The van der Waals surface area contributed by atoms with Gasteiger partial charge in [0.15, 0.2) is 0 Å². The molecule has 1 saturated carbocycles. The SMILES string of the molecule is CCC1(C)C(Br)CC1Oc1ccc(Cl)cc1Cl. The second-order valence-electron chi connectivity index (χ2n) is 4.74. The van der Waals surface area contributed by atoms with E-state index in [0.717, 1.165) is 18.6 Å². The van der Waals surface area contributed by atoms with Crippen molar-refractivity contribution in [3.63, 3.8) is 0 Å². The molecule has 2 rings (SSSR count). The van der Waals surface area contributed by atoms with Gasteiger partial charge in [-0.05, 0) is 31.0 Å². The first-order valence-electron chi connectivity index (χ1n) is 5.73. The van der Waals surface area contributed by atoms with Crippen molar-refractivity contribution in [1.29, 1.82) is 0 Å².